The number of aryl methyl sites for hydroxylation is 1. The summed E-state index contributed by atoms with van der Waals surface area (Å²) in [5.74, 6) is -1.06. The summed E-state index contributed by atoms with van der Waals surface area (Å²) in [5.41, 5.74) is 5.84. The van der Waals surface area contributed by atoms with Crippen LogP contribution >= 0.6 is 15.9 Å². The van der Waals surface area contributed by atoms with E-state index in [9.17, 15) is 4.79 Å². The molecule has 1 aromatic heterocycles. The Morgan fingerprint density at radius 1 is 1.92 bits per heavy atom. The van der Waals surface area contributed by atoms with Gasteiger partial charge in [0.2, 0.25) is 0 Å². The van der Waals surface area contributed by atoms with E-state index >= 15 is 0 Å². The van der Waals surface area contributed by atoms with Crippen molar-refractivity contribution in [2.75, 3.05) is 0 Å². The molecule has 0 fully saturated rings. The van der Waals surface area contributed by atoms with E-state index in [1.54, 1.807) is 13.1 Å². The summed E-state index contributed by atoms with van der Waals surface area (Å²) in [5, 5.41) is 12.5. The summed E-state index contributed by atoms with van der Waals surface area (Å²) in [4.78, 5) is 10.5. The molecule has 0 radical (unpaired) electrons. The fourth-order valence-corrected chi connectivity index (χ4v) is 1.34. The first-order valence-corrected chi connectivity index (χ1v) is 3.99. The Morgan fingerprint density at radius 3 is 2.83 bits per heavy atom. The van der Waals surface area contributed by atoms with E-state index in [0.717, 1.165) is 0 Å². The van der Waals surface area contributed by atoms with Crippen molar-refractivity contribution in [2.45, 2.75) is 6.04 Å². The smallest absolute Gasteiger partial charge is 0.326 e. The van der Waals surface area contributed by atoms with Gasteiger partial charge in [-0.05, 0) is 22.0 Å². The number of aromatic nitrogens is 2. The van der Waals surface area contributed by atoms with Gasteiger partial charge in [-0.25, -0.2) is 0 Å². The molecule has 0 amide bonds. The third kappa shape index (κ3) is 1.64. The molecule has 1 heterocycles. The van der Waals surface area contributed by atoms with Crippen LogP contribution in [-0.2, 0) is 11.8 Å². The normalized spacial score (nSPS) is 12.9. The summed E-state index contributed by atoms with van der Waals surface area (Å²) in [6.07, 6.45) is 0. The number of carboxylic acid groups (broad SMARTS) is 1. The fourth-order valence-electron chi connectivity index (χ4n) is 0.863. The molecule has 66 valence electrons. The Bertz CT molecular complexity index is 310. The molecule has 1 aromatic rings. The molecule has 3 N–H and O–H groups in total. The van der Waals surface area contributed by atoms with E-state index in [2.05, 4.69) is 21.0 Å². The highest BCUT2D eigenvalue weighted by atomic mass is 79.9. The average molecular weight is 234 g/mol. The van der Waals surface area contributed by atoms with Crippen LogP contribution in [0.3, 0.4) is 0 Å². The van der Waals surface area contributed by atoms with Crippen LogP contribution in [0.15, 0.2) is 10.7 Å². The number of nitrogens with zero attached hydrogens (tertiary/aromatic N) is 2. The van der Waals surface area contributed by atoms with Crippen molar-refractivity contribution in [3.63, 3.8) is 0 Å². The largest absolute Gasteiger partial charge is 0.480 e. The molecule has 0 saturated carbocycles. The minimum atomic E-state index is -1.06. The number of carbonyl (C=O) groups is 1. The summed E-state index contributed by atoms with van der Waals surface area (Å²) in [6.45, 7) is 0. The predicted molar refractivity (Wildman–Crippen MR) is 45.5 cm³/mol. The zero-order valence-electron chi connectivity index (χ0n) is 6.36. The van der Waals surface area contributed by atoms with Crippen molar-refractivity contribution >= 4 is 21.9 Å². The monoisotopic (exact) mass is 233 g/mol. The van der Waals surface area contributed by atoms with Crippen molar-refractivity contribution in [3.05, 3.63) is 16.4 Å². The van der Waals surface area contributed by atoms with Crippen molar-refractivity contribution in [1.29, 1.82) is 0 Å². The van der Waals surface area contributed by atoms with Gasteiger partial charge in [-0.1, -0.05) is 0 Å². The van der Waals surface area contributed by atoms with Gasteiger partial charge in [0, 0.05) is 7.05 Å². The molecule has 0 aliphatic rings. The first kappa shape index (κ1) is 9.21. The zero-order valence-corrected chi connectivity index (χ0v) is 7.95. The maximum absolute atomic E-state index is 10.5. The van der Waals surface area contributed by atoms with Gasteiger partial charge in [-0.15, -0.1) is 0 Å². The first-order valence-electron chi connectivity index (χ1n) is 3.20. The lowest BCUT2D eigenvalue weighted by molar-refractivity contribution is -0.138. The second kappa shape index (κ2) is 3.24. The maximum atomic E-state index is 10.5. The van der Waals surface area contributed by atoms with E-state index in [1.807, 2.05) is 0 Å². The molecule has 0 aliphatic heterocycles. The number of hydrogen-bond donors (Lipinski definition) is 2. The zero-order chi connectivity index (χ0) is 9.30. The number of rotatable bonds is 2. The molecule has 1 unspecified atom stereocenters. The molecular formula is C6H8BrN3O2. The maximum Gasteiger partial charge on any atom is 0.326 e. The van der Waals surface area contributed by atoms with Crippen LogP contribution in [0.5, 0.6) is 0 Å². The number of hydrogen-bond acceptors (Lipinski definition) is 3. The third-order valence-electron chi connectivity index (χ3n) is 1.47. The van der Waals surface area contributed by atoms with E-state index in [4.69, 9.17) is 10.8 Å². The van der Waals surface area contributed by atoms with Gasteiger partial charge in [0.05, 0.1) is 5.69 Å². The average Bonchev–Trinajstić information content (AvgIpc) is 2.28. The van der Waals surface area contributed by atoms with E-state index in [1.165, 1.54) is 4.68 Å². The number of aliphatic carboxylic acids is 1. The van der Waals surface area contributed by atoms with Gasteiger partial charge in [0.25, 0.3) is 0 Å². The molecule has 0 aromatic carbocycles. The Hall–Kier alpha value is -0.880. The van der Waals surface area contributed by atoms with Crippen molar-refractivity contribution < 1.29 is 9.90 Å². The molecule has 5 nitrogen and oxygen atoms in total. The molecule has 12 heavy (non-hydrogen) atoms. The molecule has 1 rings (SSSR count). The Balaban J connectivity index is 3.02. The number of carboxylic acids is 1. The van der Waals surface area contributed by atoms with Crippen LogP contribution < -0.4 is 5.73 Å². The second-order valence-corrected chi connectivity index (χ2v) is 3.14. The highest BCUT2D eigenvalue weighted by Gasteiger charge is 2.18. The van der Waals surface area contributed by atoms with Crippen LogP contribution in [0, 0.1) is 0 Å². The van der Waals surface area contributed by atoms with Crippen LogP contribution in [0.25, 0.3) is 0 Å². The topological polar surface area (TPSA) is 81.1 Å². The molecule has 0 spiro atoms. The Kier molecular flexibility index (Phi) is 2.49. The summed E-state index contributed by atoms with van der Waals surface area (Å²) in [6, 6.07) is 0.562. The second-order valence-electron chi connectivity index (χ2n) is 2.33. The minimum Gasteiger partial charge on any atom is -0.480 e. The van der Waals surface area contributed by atoms with Crippen molar-refractivity contribution in [3.8, 4) is 0 Å². The molecule has 0 bridgehead atoms. The number of nitrogens with two attached hydrogens (primary N) is 1. The van der Waals surface area contributed by atoms with Crippen LogP contribution in [0.1, 0.15) is 11.7 Å². The van der Waals surface area contributed by atoms with E-state index in [0.29, 0.717) is 10.3 Å². The van der Waals surface area contributed by atoms with Crippen molar-refractivity contribution in [2.24, 2.45) is 12.8 Å². The van der Waals surface area contributed by atoms with Gasteiger partial charge in [0.1, 0.15) is 10.6 Å². The lowest BCUT2D eigenvalue weighted by atomic mass is 10.2. The Labute approximate surface area is 77.3 Å². The van der Waals surface area contributed by atoms with Crippen LogP contribution in [0.4, 0.5) is 0 Å². The lowest BCUT2D eigenvalue weighted by Crippen LogP contribution is -2.23. The fraction of sp³-hybridized carbons (Fsp3) is 0.333. The SMILES string of the molecule is Cn1nc(Br)cc1C(N)C(=O)O. The van der Waals surface area contributed by atoms with Gasteiger partial charge in [-0.2, -0.15) is 5.10 Å². The standard InChI is InChI=1S/C6H8BrN3O2/c1-10-3(2-4(7)9-10)5(8)6(11)12/h2,5H,8H2,1H3,(H,11,12). The summed E-state index contributed by atoms with van der Waals surface area (Å²) < 4.78 is 2.01. The highest BCUT2D eigenvalue weighted by molar-refractivity contribution is 9.10. The minimum absolute atomic E-state index is 0.467. The predicted octanol–water partition coefficient (Wildman–Crippen LogP) is 0.267. The van der Waals surface area contributed by atoms with Gasteiger partial charge in [-0.3, -0.25) is 9.48 Å². The van der Waals surface area contributed by atoms with E-state index < -0.39 is 12.0 Å². The molecule has 1 atom stereocenters. The van der Waals surface area contributed by atoms with E-state index in [-0.39, 0.29) is 0 Å². The molecule has 6 heteroatoms. The molecule has 0 saturated heterocycles. The summed E-state index contributed by atoms with van der Waals surface area (Å²) in [7, 11) is 1.64. The highest BCUT2D eigenvalue weighted by Crippen LogP contribution is 2.15. The Morgan fingerprint density at radius 2 is 2.50 bits per heavy atom. The van der Waals surface area contributed by atoms with Gasteiger partial charge >= 0.3 is 5.97 Å². The van der Waals surface area contributed by atoms with Crippen LogP contribution in [0.2, 0.25) is 0 Å². The van der Waals surface area contributed by atoms with Crippen molar-refractivity contribution in [1.82, 2.24) is 9.78 Å². The third-order valence-corrected chi connectivity index (χ3v) is 1.86. The lowest BCUT2D eigenvalue weighted by Gasteiger charge is -2.04. The number of halogens is 1. The molecule has 0 aliphatic carbocycles. The quantitative estimate of drug-likeness (QED) is 0.769. The van der Waals surface area contributed by atoms with Crippen LogP contribution in [-0.4, -0.2) is 20.9 Å². The molecular weight excluding hydrogens is 226 g/mol. The summed E-state index contributed by atoms with van der Waals surface area (Å²) >= 11 is 3.12. The first-order chi connectivity index (χ1) is 5.52. The van der Waals surface area contributed by atoms with Gasteiger partial charge in [0.15, 0.2) is 0 Å². The van der Waals surface area contributed by atoms with Gasteiger partial charge < -0.3 is 10.8 Å².